The molecule has 4 unspecified atom stereocenters. The van der Waals surface area contributed by atoms with Gasteiger partial charge in [0.25, 0.3) is 0 Å². The van der Waals surface area contributed by atoms with E-state index in [-0.39, 0.29) is 18.3 Å². The van der Waals surface area contributed by atoms with Gasteiger partial charge in [-0.3, -0.25) is 0 Å². The van der Waals surface area contributed by atoms with Crippen LogP contribution >= 0.6 is 0 Å². The van der Waals surface area contributed by atoms with Crippen LogP contribution in [0, 0.1) is 0 Å². The molecule has 1 aliphatic heterocycles. The molecule has 11 heavy (non-hydrogen) atoms. The minimum Gasteiger partial charge on any atom is -0.388 e. The maximum absolute atomic E-state index is 9.57. The molecule has 1 saturated heterocycles. The largest absolute Gasteiger partial charge is 0.388 e. The van der Waals surface area contributed by atoms with Gasteiger partial charge in [0.2, 0.25) is 0 Å². The lowest BCUT2D eigenvalue weighted by Crippen LogP contribution is -2.33. The van der Waals surface area contributed by atoms with E-state index in [4.69, 9.17) is 9.47 Å². The lowest BCUT2D eigenvalue weighted by atomic mass is 10.1. The molecule has 3 nitrogen and oxygen atoms in total. The second kappa shape index (κ2) is 3.52. The third-order valence-corrected chi connectivity index (χ3v) is 2.24. The Bertz CT molecular complexity index is 127. The summed E-state index contributed by atoms with van der Waals surface area (Å²) in [4.78, 5) is 0. The van der Waals surface area contributed by atoms with Gasteiger partial charge in [-0.25, -0.2) is 0 Å². The monoisotopic (exact) mass is 160 g/mol. The van der Waals surface area contributed by atoms with Crippen LogP contribution in [-0.4, -0.2) is 36.6 Å². The molecule has 0 aromatic rings. The van der Waals surface area contributed by atoms with Crippen LogP contribution in [0.25, 0.3) is 0 Å². The molecule has 0 amide bonds. The first-order valence-electron chi connectivity index (χ1n) is 4.07. The molecule has 1 heterocycles. The molecular formula is C8H16O3. The molecule has 1 N–H and O–H groups in total. The van der Waals surface area contributed by atoms with E-state index in [1.165, 1.54) is 0 Å². The van der Waals surface area contributed by atoms with Crippen molar-refractivity contribution in [2.24, 2.45) is 0 Å². The first kappa shape index (κ1) is 8.97. The van der Waals surface area contributed by atoms with Gasteiger partial charge in [0.15, 0.2) is 0 Å². The Balaban J connectivity index is 2.55. The Hall–Kier alpha value is -0.120. The average molecular weight is 160 g/mol. The van der Waals surface area contributed by atoms with Crippen LogP contribution in [0.1, 0.15) is 20.3 Å². The van der Waals surface area contributed by atoms with Gasteiger partial charge < -0.3 is 14.6 Å². The second-order valence-corrected chi connectivity index (χ2v) is 2.98. The number of aliphatic hydroxyl groups is 1. The van der Waals surface area contributed by atoms with E-state index in [2.05, 4.69) is 0 Å². The van der Waals surface area contributed by atoms with Gasteiger partial charge in [-0.15, -0.1) is 0 Å². The maximum Gasteiger partial charge on any atom is 0.111 e. The van der Waals surface area contributed by atoms with E-state index in [1.54, 1.807) is 7.11 Å². The van der Waals surface area contributed by atoms with Crippen molar-refractivity contribution >= 4 is 0 Å². The summed E-state index contributed by atoms with van der Waals surface area (Å²) in [6.07, 6.45) is 0.195. The quantitative estimate of drug-likeness (QED) is 0.641. The summed E-state index contributed by atoms with van der Waals surface area (Å²) in [7, 11) is 1.60. The van der Waals surface area contributed by atoms with Crippen molar-refractivity contribution in [3.63, 3.8) is 0 Å². The van der Waals surface area contributed by atoms with Crippen LogP contribution in [0.4, 0.5) is 0 Å². The second-order valence-electron chi connectivity index (χ2n) is 2.98. The number of ether oxygens (including phenoxy) is 2. The van der Waals surface area contributed by atoms with E-state index in [9.17, 15) is 5.11 Å². The lowest BCUT2D eigenvalue weighted by Gasteiger charge is -2.15. The van der Waals surface area contributed by atoms with Gasteiger partial charge in [0, 0.05) is 7.11 Å². The molecule has 66 valence electrons. The predicted molar refractivity (Wildman–Crippen MR) is 41.4 cm³/mol. The predicted octanol–water partition coefficient (Wildman–Crippen LogP) is 0.560. The molecule has 0 spiro atoms. The zero-order valence-corrected chi connectivity index (χ0v) is 7.28. The highest BCUT2D eigenvalue weighted by Crippen LogP contribution is 2.24. The maximum atomic E-state index is 9.57. The summed E-state index contributed by atoms with van der Waals surface area (Å²) in [5, 5.41) is 9.57. The van der Waals surface area contributed by atoms with Crippen LogP contribution in [0.5, 0.6) is 0 Å². The van der Waals surface area contributed by atoms with Crippen LogP contribution < -0.4 is 0 Å². The molecule has 0 bridgehead atoms. The van der Waals surface area contributed by atoms with Crippen LogP contribution in [0.2, 0.25) is 0 Å². The molecule has 0 saturated carbocycles. The topological polar surface area (TPSA) is 38.7 Å². The fourth-order valence-electron chi connectivity index (χ4n) is 1.59. The van der Waals surface area contributed by atoms with E-state index in [1.807, 2.05) is 13.8 Å². The molecule has 3 heteroatoms. The van der Waals surface area contributed by atoms with Gasteiger partial charge in [0.1, 0.15) is 12.2 Å². The highest BCUT2D eigenvalue weighted by atomic mass is 16.6. The standard InChI is InChI=1S/C8H16O3/c1-4-6-7(9)8(10-3)5(2)11-6/h5-9H,4H2,1-3H3. The Labute approximate surface area is 67.3 Å². The zero-order valence-electron chi connectivity index (χ0n) is 7.28. The normalized spacial score (nSPS) is 44.7. The number of rotatable bonds is 2. The third kappa shape index (κ3) is 1.55. The Morgan fingerprint density at radius 3 is 2.45 bits per heavy atom. The SMILES string of the molecule is CCC1OC(C)C(OC)C1O. The van der Waals surface area contributed by atoms with E-state index in [0.717, 1.165) is 6.42 Å². The summed E-state index contributed by atoms with van der Waals surface area (Å²) in [5.41, 5.74) is 0. The molecule has 1 fully saturated rings. The van der Waals surface area contributed by atoms with E-state index < -0.39 is 6.10 Å². The highest BCUT2D eigenvalue weighted by Gasteiger charge is 2.40. The molecule has 1 aliphatic rings. The molecule has 4 atom stereocenters. The summed E-state index contributed by atoms with van der Waals surface area (Å²) >= 11 is 0. The first-order valence-corrected chi connectivity index (χ1v) is 4.07. The van der Waals surface area contributed by atoms with E-state index >= 15 is 0 Å². The zero-order chi connectivity index (χ0) is 8.43. The summed E-state index contributed by atoms with van der Waals surface area (Å²) in [6, 6.07) is 0. The van der Waals surface area contributed by atoms with Crippen LogP contribution in [-0.2, 0) is 9.47 Å². The smallest absolute Gasteiger partial charge is 0.111 e. The Morgan fingerprint density at radius 2 is 2.18 bits per heavy atom. The molecule has 1 rings (SSSR count). The van der Waals surface area contributed by atoms with Gasteiger partial charge >= 0.3 is 0 Å². The summed E-state index contributed by atoms with van der Waals surface area (Å²) < 4.78 is 10.5. The van der Waals surface area contributed by atoms with Gasteiger partial charge in [-0.1, -0.05) is 6.92 Å². The third-order valence-electron chi connectivity index (χ3n) is 2.24. The van der Waals surface area contributed by atoms with Gasteiger partial charge in [-0.2, -0.15) is 0 Å². The molecule has 0 aromatic heterocycles. The van der Waals surface area contributed by atoms with Crippen LogP contribution in [0.15, 0.2) is 0 Å². The molecule has 0 aliphatic carbocycles. The first-order chi connectivity index (χ1) is 5.20. The van der Waals surface area contributed by atoms with Crippen molar-refractivity contribution in [2.45, 2.75) is 44.7 Å². The van der Waals surface area contributed by atoms with Crippen molar-refractivity contribution in [2.75, 3.05) is 7.11 Å². The molecule has 0 radical (unpaired) electrons. The number of hydrogen-bond donors (Lipinski definition) is 1. The van der Waals surface area contributed by atoms with E-state index in [0.29, 0.717) is 0 Å². The summed E-state index contributed by atoms with van der Waals surface area (Å²) in [5.74, 6) is 0. The summed E-state index contributed by atoms with van der Waals surface area (Å²) in [6.45, 7) is 3.92. The number of hydrogen-bond acceptors (Lipinski definition) is 3. The van der Waals surface area contributed by atoms with Crippen molar-refractivity contribution in [3.05, 3.63) is 0 Å². The van der Waals surface area contributed by atoms with Crippen molar-refractivity contribution in [3.8, 4) is 0 Å². The van der Waals surface area contributed by atoms with Crippen molar-refractivity contribution in [1.82, 2.24) is 0 Å². The minimum absolute atomic E-state index is 0.0138. The van der Waals surface area contributed by atoms with Crippen molar-refractivity contribution < 1.29 is 14.6 Å². The Kier molecular flexibility index (Phi) is 2.87. The van der Waals surface area contributed by atoms with Gasteiger partial charge in [-0.05, 0) is 13.3 Å². The van der Waals surface area contributed by atoms with Crippen LogP contribution in [0.3, 0.4) is 0 Å². The average Bonchev–Trinajstić information content (AvgIpc) is 2.26. The lowest BCUT2D eigenvalue weighted by molar-refractivity contribution is -0.00370. The fourth-order valence-corrected chi connectivity index (χ4v) is 1.59. The fraction of sp³-hybridized carbons (Fsp3) is 1.00. The molecule has 0 aromatic carbocycles. The van der Waals surface area contributed by atoms with Gasteiger partial charge in [0.05, 0.1) is 12.2 Å². The highest BCUT2D eigenvalue weighted by molar-refractivity contribution is 4.88. The Morgan fingerprint density at radius 1 is 1.55 bits per heavy atom. The number of methoxy groups -OCH3 is 1. The molecular weight excluding hydrogens is 144 g/mol. The number of aliphatic hydroxyl groups excluding tert-OH is 1. The van der Waals surface area contributed by atoms with Crippen molar-refractivity contribution in [1.29, 1.82) is 0 Å². The minimum atomic E-state index is -0.458.